The first-order valence-corrected chi connectivity index (χ1v) is 6.01. The molecule has 5 nitrogen and oxygen atoms in total. The molecule has 2 N–H and O–H groups in total. The normalized spacial score (nSPS) is 18.9. The zero-order valence-corrected chi connectivity index (χ0v) is 10.3. The van der Waals surface area contributed by atoms with Crippen molar-refractivity contribution in [1.82, 2.24) is 15.1 Å². The summed E-state index contributed by atoms with van der Waals surface area (Å²) in [5.74, 6) is -0.784. The van der Waals surface area contributed by atoms with Crippen LogP contribution in [-0.2, 0) is 11.3 Å². The fourth-order valence-electron chi connectivity index (χ4n) is 1.84. The van der Waals surface area contributed by atoms with Crippen molar-refractivity contribution >= 4 is 5.97 Å². The van der Waals surface area contributed by atoms with E-state index in [2.05, 4.69) is 10.4 Å². The molecule has 0 aliphatic heterocycles. The maximum absolute atomic E-state index is 11.3. The zero-order valence-electron chi connectivity index (χ0n) is 10.3. The van der Waals surface area contributed by atoms with Crippen molar-refractivity contribution in [1.29, 1.82) is 0 Å². The van der Waals surface area contributed by atoms with Crippen molar-refractivity contribution in [2.75, 3.05) is 0 Å². The first kappa shape index (κ1) is 12.1. The lowest BCUT2D eigenvalue weighted by atomic mass is 9.98. The van der Waals surface area contributed by atoms with Gasteiger partial charge in [0.05, 0.1) is 5.69 Å². The number of aromatic nitrogens is 2. The lowest BCUT2D eigenvalue weighted by Gasteiger charge is -2.26. The van der Waals surface area contributed by atoms with Crippen LogP contribution in [0.15, 0.2) is 12.3 Å². The van der Waals surface area contributed by atoms with E-state index in [4.69, 9.17) is 0 Å². The molecule has 1 fully saturated rings. The van der Waals surface area contributed by atoms with Crippen LogP contribution in [0.25, 0.3) is 0 Å². The third-order valence-corrected chi connectivity index (χ3v) is 3.19. The molecule has 2 rings (SSSR count). The number of hydrogen-bond acceptors (Lipinski definition) is 3. The standard InChI is InChI=1S/C12H19N3O2/c1-9-5-7-15(14-9)8-6-12(2,11(16)17)13-10-3-4-10/h5,7,10,13H,3-4,6,8H2,1-2H3,(H,16,17). The van der Waals surface area contributed by atoms with Gasteiger partial charge in [-0.05, 0) is 39.2 Å². The third kappa shape index (κ3) is 3.06. The summed E-state index contributed by atoms with van der Waals surface area (Å²) in [4.78, 5) is 11.3. The fraction of sp³-hybridized carbons (Fsp3) is 0.667. The number of carboxylic acids is 1. The van der Waals surface area contributed by atoms with E-state index in [1.807, 2.05) is 19.2 Å². The summed E-state index contributed by atoms with van der Waals surface area (Å²) in [6.07, 6.45) is 4.60. The minimum atomic E-state index is -0.846. The van der Waals surface area contributed by atoms with Gasteiger partial charge in [-0.1, -0.05) is 0 Å². The SMILES string of the molecule is Cc1ccn(CCC(C)(NC2CC2)C(=O)O)n1. The van der Waals surface area contributed by atoms with E-state index in [9.17, 15) is 9.90 Å². The van der Waals surface area contributed by atoms with Crippen molar-refractivity contribution < 1.29 is 9.90 Å². The summed E-state index contributed by atoms with van der Waals surface area (Å²) in [5, 5.41) is 16.8. The average Bonchev–Trinajstić information content (AvgIpc) is 2.96. The molecule has 0 bridgehead atoms. The van der Waals surface area contributed by atoms with Crippen LogP contribution in [0.5, 0.6) is 0 Å². The van der Waals surface area contributed by atoms with Crippen LogP contribution in [-0.4, -0.2) is 32.4 Å². The van der Waals surface area contributed by atoms with Crippen molar-refractivity contribution in [3.05, 3.63) is 18.0 Å². The Bertz CT molecular complexity index is 412. The molecule has 0 spiro atoms. The maximum atomic E-state index is 11.3. The summed E-state index contributed by atoms with van der Waals surface area (Å²) in [6.45, 7) is 4.30. The Morgan fingerprint density at radius 1 is 1.71 bits per heavy atom. The molecule has 1 heterocycles. The molecule has 5 heteroatoms. The Labute approximate surface area is 101 Å². The molecule has 94 valence electrons. The van der Waals surface area contributed by atoms with Crippen LogP contribution in [0, 0.1) is 6.92 Å². The molecule has 17 heavy (non-hydrogen) atoms. The van der Waals surface area contributed by atoms with E-state index in [0.29, 0.717) is 19.0 Å². The van der Waals surface area contributed by atoms with Gasteiger partial charge >= 0.3 is 5.97 Å². The third-order valence-electron chi connectivity index (χ3n) is 3.19. The lowest BCUT2D eigenvalue weighted by Crippen LogP contribution is -2.51. The van der Waals surface area contributed by atoms with Gasteiger partial charge < -0.3 is 5.11 Å². The molecular weight excluding hydrogens is 218 g/mol. The van der Waals surface area contributed by atoms with Gasteiger partial charge in [-0.15, -0.1) is 0 Å². The number of rotatable bonds is 6. The smallest absolute Gasteiger partial charge is 0.323 e. The number of carbonyl (C=O) groups is 1. The molecule has 1 aromatic rings. The second-order valence-electron chi connectivity index (χ2n) is 5.03. The number of aryl methyl sites for hydroxylation is 2. The predicted octanol–water partition coefficient (Wildman–Crippen LogP) is 1.18. The molecule has 0 saturated heterocycles. The summed E-state index contributed by atoms with van der Waals surface area (Å²) in [7, 11) is 0. The van der Waals surface area contributed by atoms with E-state index < -0.39 is 11.5 Å². The van der Waals surface area contributed by atoms with Crippen LogP contribution < -0.4 is 5.32 Å². The highest BCUT2D eigenvalue weighted by Gasteiger charge is 2.38. The van der Waals surface area contributed by atoms with E-state index in [1.165, 1.54) is 0 Å². The monoisotopic (exact) mass is 237 g/mol. The molecule has 1 atom stereocenters. The van der Waals surface area contributed by atoms with Crippen molar-refractivity contribution in [3.8, 4) is 0 Å². The first-order valence-electron chi connectivity index (χ1n) is 6.01. The number of aliphatic carboxylic acids is 1. The van der Waals surface area contributed by atoms with Gasteiger partial charge in [0.1, 0.15) is 5.54 Å². The Balaban J connectivity index is 1.95. The Kier molecular flexibility index (Phi) is 3.19. The van der Waals surface area contributed by atoms with E-state index >= 15 is 0 Å². The fourth-order valence-corrected chi connectivity index (χ4v) is 1.84. The van der Waals surface area contributed by atoms with Crippen molar-refractivity contribution in [3.63, 3.8) is 0 Å². The van der Waals surface area contributed by atoms with Crippen LogP contribution >= 0.6 is 0 Å². The summed E-state index contributed by atoms with van der Waals surface area (Å²) in [6, 6.07) is 2.31. The van der Waals surface area contributed by atoms with E-state index in [1.54, 1.807) is 11.6 Å². The summed E-state index contributed by atoms with van der Waals surface area (Å²) in [5.41, 5.74) is 0.110. The van der Waals surface area contributed by atoms with Gasteiger partial charge in [0.15, 0.2) is 0 Å². The van der Waals surface area contributed by atoms with Crippen LogP contribution in [0.1, 0.15) is 31.9 Å². The van der Waals surface area contributed by atoms with Gasteiger partial charge in [0.2, 0.25) is 0 Å². The number of nitrogens with zero attached hydrogens (tertiary/aromatic N) is 2. The lowest BCUT2D eigenvalue weighted by molar-refractivity contribution is -0.144. The Morgan fingerprint density at radius 2 is 2.41 bits per heavy atom. The molecule has 1 unspecified atom stereocenters. The highest BCUT2D eigenvalue weighted by molar-refractivity contribution is 5.78. The number of hydrogen-bond donors (Lipinski definition) is 2. The molecular formula is C12H19N3O2. The number of carboxylic acid groups (broad SMARTS) is 1. The Hall–Kier alpha value is -1.36. The molecule has 0 aromatic carbocycles. The highest BCUT2D eigenvalue weighted by Crippen LogP contribution is 2.24. The molecule has 0 amide bonds. The average molecular weight is 237 g/mol. The minimum absolute atomic E-state index is 0.385. The first-order chi connectivity index (χ1) is 7.99. The minimum Gasteiger partial charge on any atom is -0.480 e. The van der Waals surface area contributed by atoms with E-state index in [0.717, 1.165) is 18.5 Å². The van der Waals surface area contributed by atoms with Crippen molar-refractivity contribution in [2.24, 2.45) is 0 Å². The van der Waals surface area contributed by atoms with Crippen LogP contribution in [0.2, 0.25) is 0 Å². The topological polar surface area (TPSA) is 67.2 Å². The van der Waals surface area contributed by atoms with Crippen LogP contribution in [0.4, 0.5) is 0 Å². The Morgan fingerprint density at radius 3 is 2.88 bits per heavy atom. The molecule has 0 radical (unpaired) electrons. The zero-order chi connectivity index (χ0) is 12.5. The van der Waals surface area contributed by atoms with E-state index in [-0.39, 0.29) is 0 Å². The molecule has 1 aromatic heterocycles. The molecule has 1 aliphatic rings. The highest BCUT2D eigenvalue weighted by atomic mass is 16.4. The number of nitrogens with one attached hydrogen (secondary N) is 1. The quantitative estimate of drug-likeness (QED) is 0.779. The van der Waals surface area contributed by atoms with Crippen molar-refractivity contribution in [2.45, 2.75) is 51.2 Å². The second-order valence-corrected chi connectivity index (χ2v) is 5.03. The largest absolute Gasteiger partial charge is 0.480 e. The molecule has 1 saturated carbocycles. The summed E-state index contributed by atoms with van der Waals surface area (Å²) < 4.78 is 1.80. The predicted molar refractivity (Wildman–Crippen MR) is 63.8 cm³/mol. The van der Waals surface area contributed by atoms with Gasteiger partial charge in [-0.2, -0.15) is 5.10 Å². The molecule has 1 aliphatic carbocycles. The maximum Gasteiger partial charge on any atom is 0.323 e. The van der Waals surface area contributed by atoms with Gasteiger partial charge in [0.25, 0.3) is 0 Å². The second kappa shape index (κ2) is 4.49. The summed E-state index contributed by atoms with van der Waals surface area (Å²) >= 11 is 0. The van der Waals surface area contributed by atoms with Gasteiger partial charge in [-0.3, -0.25) is 14.8 Å². The van der Waals surface area contributed by atoms with Gasteiger partial charge in [0, 0.05) is 18.8 Å². The van der Waals surface area contributed by atoms with Crippen LogP contribution in [0.3, 0.4) is 0 Å². The van der Waals surface area contributed by atoms with Gasteiger partial charge in [-0.25, -0.2) is 0 Å².